The number of rotatable bonds is 3. The van der Waals surface area contributed by atoms with Gasteiger partial charge in [0.1, 0.15) is 5.82 Å². The fourth-order valence-electron chi connectivity index (χ4n) is 2.80. The maximum atomic E-state index is 12.5. The highest BCUT2D eigenvalue weighted by atomic mass is 16.1. The summed E-state index contributed by atoms with van der Waals surface area (Å²) in [5, 5.41) is 3.01. The van der Waals surface area contributed by atoms with E-state index in [0.29, 0.717) is 11.5 Å². The first-order valence-electron chi connectivity index (χ1n) is 7.68. The van der Waals surface area contributed by atoms with Crippen LogP contribution in [0.5, 0.6) is 0 Å². The Hall–Kier alpha value is -2.23. The maximum Gasteiger partial charge on any atom is 0.259 e. The van der Waals surface area contributed by atoms with E-state index in [-0.39, 0.29) is 5.91 Å². The van der Waals surface area contributed by atoms with Crippen molar-refractivity contribution in [2.75, 3.05) is 5.32 Å². The predicted molar refractivity (Wildman–Crippen MR) is 87.4 cm³/mol. The molecule has 0 spiro atoms. The minimum Gasteiger partial charge on any atom is -0.321 e. The predicted octanol–water partition coefficient (Wildman–Crippen LogP) is 3.84. The summed E-state index contributed by atoms with van der Waals surface area (Å²) in [4.78, 5) is 21.4. The van der Waals surface area contributed by atoms with Crippen LogP contribution in [0.15, 0.2) is 18.3 Å². The van der Waals surface area contributed by atoms with Gasteiger partial charge in [-0.2, -0.15) is 0 Å². The Labute approximate surface area is 131 Å². The first-order chi connectivity index (χ1) is 10.5. The zero-order valence-corrected chi connectivity index (χ0v) is 13.5. The first-order valence-corrected chi connectivity index (χ1v) is 7.68. The summed E-state index contributed by atoms with van der Waals surface area (Å²) < 4.78 is 0. The van der Waals surface area contributed by atoms with Gasteiger partial charge < -0.3 is 5.32 Å². The summed E-state index contributed by atoms with van der Waals surface area (Å²) in [6.07, 6.45) is 3.98. The molecule has 1 amide bonds. The van der Waals surface area contributed by atoms with Gasteiger partial charge in [0.2, 0.25) is 0 Å². The monoisotopic (exact) mass is 295 g/mol. The quantitative estimate of drug-likeness (QED) is 0.936. The second kappa shape index (κ2) is 5.52. The van der Waals surface area contributed by atoms with E-state index in [4.69, 9.17) is 0 Å². The summed E-state index contributed by atoms with van der Waals surface area (Å²) in [5.74, 6) is 1.23. The van der Waals surface area contributed by atoms with Crippen molar-refractivity contribution in [3.8, 4) is 0 Å². The van der Waals surface area contributed by atoms with E-state index in [1.807, 2.05) is 20.8 Å². The average Bonchev–Trinajstić information content (AvgIpc) is 3.26. The molecule has 0 radical (unpaired) electrons. The summed E-state index contributed by atoms with van der Waals surface area (Å²) in [6.45, 7) is 7.95. The van der Waals surface area contributed by atoms with Crippen molar-refractivity contribution < 1.29 is 4.79 Å². The molecule has 1 N–H and O–H groups in total. The number of carbonyl (C=O) groups is 1. The van der Waals surface area contributed by atoms with E-state index in [1.165, 1.54) is 5.56 Å². The normalized spacial score (nSPS) is 14.0. The molecule has 1 fully saturated rings. The fourth-order valence-corrected chi connectivity index (χ4v) is 2.80. The lowest BCUT2D eigenvalue weighted by Crippen LogP contribution is -2.17. The third-order valence-corrected chi connectivity index (χ3v) is 4.10. The molecule has 114 valence electrons. The second-order valence-electron chi connectivity index (χ2n) is 6.23. The van der Waals surface area contributed by atoms with Crippen LogP contribution >= 0.6 is 0 Å². The minimum absolute atomic E-state index is 0.144. The van der Waals surface area contributed by atoms with Crippen LogP contribution in [0.4, 0.5) is 5.69 Å². The summed E-state index contributed by atoms with van der Waals surface area (Å²) in [5.41, 5.74) is 5.50. The Morgan fingerprint density at radius 3 is 2.32 bits per heavy atom. The van der Waals surface area contributed by atoms with Gasteiger partial charge in [-0.3, -0.25) is 4.79 Å². The number of amides is 1. The van der Waals surface area contributed by atoms with Gasteiger partial charge in [0.05, 0.1) is 11.3 Å². The number of nitrogens with zero attached hydrogens (tertiary/aromatic N) is 2. The molecule has 0 atom stereocenters. The van der Waals surface area contributed by atoms with Crippen LogP contribution in [0.3, 0.4) is 0 Å². The lowest BCUT2D eigenvalue weighted by atomic mass is 10.0. The standard InChI is InChI=1S/C18H21N3O/c1-10-7-11(2)16(12(3)8-10)21-18(22)15-9-19-17(14-5-6-14)20-13(15)4/h7-9,14H,5-6H2,1-4H3,(H,21,22). The van der Waals surface area contributed by atoms with Crippen LogP contribution in [0.2, 0.25) is 0 Å². The highest BCUT2D eigenvalue weighted by molar-refractivity contribution is 6.05. The van der Waals surface area contributed by atoms with Crippen LogP contribution in [-0.2, 0) is 0 Å². The zero-order valence-electron chi connectivity index (χ0n) is 13.5. The van der Waals surface area contributed by atoms with Gasteiger partial charge in [0.15, 0.2) is 0 Å². The molecule has 0 unspecified atom stereocenters. The molecule has 1 aromatic heterocycles. The lowest BCUT2D eigenvalue weighted by Gasteiger charge is -2.13. The number of nitrogens with one attached hydrogen (secondary N) is 1. The van der Waals surface area contributed by atoms with Crippen LogP contribution < -0.4 is 5.32 Å². The molecule has 0 bridgehead atoms. The van der Waals surface area contributed by atoms with Crippen LogP contribution in [0, 0.1) is 27.7 Å². The molecule has 1 saturated carbocycles. The number of hydrogen-bond acceptors (Lipinski definition) is 3. The van der Waals surface area contributed by atoms with Gasteiger partial charge in [0, 0.05) is 17.8 Å². The molecule has 1 aliphatic rings. The van der Waals surface area contributed by atoms with Crippen LogP contribution in [0.25, 0.3) is 0 Å². The molecule has 1 heterocycles. The van der Waals surface area contributed by atoms with Crippen LogP contribution in [0.1, 0.15) is 57.3 Å². The van der Waals surface area contributed by atoms with E-state index >= 15 is 0 Å². The van der Waals surface area contributed by atoms with Crippen molar-refractivity contribution in [2.24, 2.45) is 0 Å². The molecule has 1 aromatic carbocycles. The van der Waals surface area contributed by atoms with Gasteiger partial charge in [-0.1, -0.05) is 17.7 Å². The average molecular weight is 295 g/mol. The van der Waals surface area contributed by atoms with Crippen molar-refractivity contribution in [3.63, 3.8) is 0 Å². The molecule has 22 heavy (non-hydrogen) atoms. The lowest BCUT2D eigenvalue weighted by molar-refractivity contribution is 0.102. The van der Waals surface area contributed by atoms with E-state index in [2.05, 4.69) is 34.3 Å². The van der Waals surface area contributed by atoms with Crippen molar-refractivity contribution in [3.05, 3.63) is 52.1 Å². The van der Waals surface area contributed by atoms with Gasteiger partial charge in [-0.25, -0.2) is 9.97 Å². The van der Waals surface area contributed by atoms with E-state index in [9.17, 15) is 4.79 Å². The summed E-state index contributed by atoms with van der Waals surface area (Å²) in [6, 6.07) is 4.14. The number of aryl methyl sites for hydroxylation is 4. The van der Waals surface area contributed by atoms with Crippen molar-refractivity contribution in [2.45, 2.75) is 46.5 Å². The fraction of sp³-hybridized carbons (Fsp3) is 0.389. The first kappa shape index (κ1) is 14.7. The van der Waals surface area contributed by atoms with Gasteiger partial charge in [0.25, 0.3) is 5.91 Å². The van der Waals surface area contributed by atoms with Crippen molar-refractivity contribution >= 4 is 11.6 Å². The topological polar surface area (TPSA) is 54.9 Å². The van der Waals surface area contributed by atoms with E-state index in [0.717, 1.165) is 41.2 Å². The molecule has 4 heteroatoms. The molecule has 3 rings (SSSR count). The zero-order chi connectivity index (χ0) is 15.9. The number of aromatic nitrogens is 2. The number of carbonyl (C=O) groups excluding carboxylic acids is 1. The molecular formula is C18H21N3O. The Morgan fingerprint density at radius 1 is 1.14 bits per heavy atom. The summed E-state index contributed by atoms with van der Waals surface area (Å²) in [7, 11) is 0. The maximum absolute atomic E-state index is 12.5. The molecule has 2 aromatic rings. The Kier molecular flexibility index (Phi) is 3.69. The minimum atomic E-state index is -0.144. The van der Waals surface area contributed by atoms with Gasteiger partial charge in [-0.05, 0) is 51.7 Å². The molecular weight excluding hydrogens is 274 g/mol. The van der Waals surface area contributed by atoms with E-state index in [1.54, 1.807) is 6.20 Å². The number of hydrogen-bond donors (Lipinski definition) is 1. The highest BCUT2D eigenvalue weighted by Crippen LogP contribution is 2.38. The Morgan fingerprint density at radius 2 is 1.77 bits per heavy atom. The Bertz CT molecular complexity index is 725. The highest BCUT2D eigenvalue weighted by Gasteiger charge is 2.27. The second-order valence-corrected chi connectivity index (χ2v) is 6.23. The van der Waals surface area contributed by atoms with E-state index < -0.39 is 0 Å². The number of benzene rings is 1. The van der Waals surface area contributed by atoms with Gasteiger partial charge >= 0.3 is 0 Å². The third kappa shape index (κ3) is 2.86. The SMILES string of the molecule is Cc1cc(C)c(NC(=O)c2cnc(C3CC3)nc2C)c(C)c1. The summed E-state index contributed by atoms with van der Waals surface area (Å²) >= 11 is 0. The van der Waals surface area contributed by atoms with Crippen molar-refractivity contribution in [1.82, 2.24) is 9.97 Å². The molecule has 4 nitrogen and oxygen atoms in total. The smallest absolute Gasteiger partial charge is 0.259 e. The molecule has 1 aliphatic carbocycles. The molecule has 0 aliphatic heterocycles. The number of anilines is 1. The Balaban J connectivity index is 1.86. The largest absolute Gasteiger partial charge is 0.321 e. The third-order valence-electron chi connectivity index (χ3n) is 4.10. The molecule has 0 saturated heterocycles. The van der Waals surface area contributed by atoms with Crippen molar-refractivity contribution in [1.29, 1.82) is 0 Å². The van der Waals surface area contributed by atoms with Gasteiger partial charge in [-0.15, -0.1) is 0 Å². The van der Waals surface area contributed by atoms with Crippen LogP contribution in [-0.4, -0.2) is 15.9 Å².